The van der Waals surface area contributed by atoms with Crippen molar-refractivity contribution in [1.29, 1.82) is 0 Å². The van der Waals surface area contributed by atoms with Crippen molar-refractivity contribution in [3.8, 4) is 28.6 Å². The number of nitrogens with zero attached hydrogens (tertiary/aromatic N) is 2. The van der Waals surface area contributed by atoms with E-state index in [0.717, 1.165) is 21.9 Å². The summed E-state index contributed by atoms with van der Waals surface area (Å²) in [5, 5.41) is 8.93. The second kappa shape index (κ2) is 8.39. The highest BCUT2D eigenvalue weighted by molar-refractivity contribution is 5.94. The van der Waals surface area contributed by atoms with E-state index in [0.29, 0.717) is 24.0 Å². The molecule has 0 radical (unpaired) electrons. The number of rotatable bonds is 7. The van der Waals surface area contributed by atoms with Gasteiger partial charge in [0, 0.05) is 17.7 Å². The highest BCUT2D eigenvalue weighted by Gasteiger charge is 2.13. The van der Waals surface area contributed by atoms with Crippen molar-refractivity contribution < 1.29 is 14.1 Å². The molecule has 0 unspecified atom stereocenters. The quantitative estimate of drug-likeness (QED) is 0.482. The number of ether oxygens (including phenoxy) is 1. The van der Waals surface area contributed by atoms with Gasteiger partial charge >= 0.3 is 0 Å². The number of benzene rings is 3. The van der Waals surface area contributed by atoms with Crippen LogP contribution in [-0.2, 0) is 4.79 Å². The van der Waals surface area contributed by atoms with Crippen LogP contribution in [0.2, 0.25) is 0 Å². The zero-order valence-corrected chi connectivity index (χ0v) is 15.7. The van der Waals surface area contributed by atoms with E-state index in [4.69, 9.17) is 9.26 Å². The van der Waals surface area contributed by atoms with Crippen molar-refractivity contribution >= 4 is 16.7 Å². The standard InChI is InChI=1S/C23H19N3O3/c1-2-13-24-21(27)15-28-18-10-5-9-17(14-18)22-25-23(29-26-22)20-12-6-8-16-7-3-4-11-19(16)20/h2-12,14H,1,13,15H2,(H,24,27). The first-order valence-corrected chi connectivity index (χ1v) is 9.17. The predicted molar refractivity (Wildman–Crippen MR) is 111 cm³/mol. The van der Waals surface area contributed by atoms with Crippen molar-refractivity contribution in [1.82, 2.24) is 15.5 Å². The van der Waals surface area contributed by atoms with Gasteiger partial charge < -0.3 is 14.6 Å². The van der Waals surface area contributed by atoms with Crippen LogP contribution in [0, 0.1) is 0 Å². The number of aromatic nitrogens is 2. The van der Waals surface area contributed by atoms with Crippen LogP contribution in [0.5, 0.6) is 5.75 Å². The largest absolute Gasteiger partial charge is 0.484 e. The normalized spacial score (nSPS) is 10.6. The third-order valence-corrected chi connectivity index (χ3v) is 4.35. The summed E-state index contributed by atoms with van der Waals surface area (Å²) in [4.78, 5) is 16.2. The molecule has 144 valence electrons. The van der Waals surface area contributed by atoms with Gasteiger partial charge in [0.05, 0.1) is 0 Å². The van der Waals surface area contributed by atoms with Crippen LogP contribution in [0.3, 0.4) is 0 Å². The molecule has 0 aliphatic heterocycles. The molecule has 6 heteroatoms. The minimum Gasteiger partial charge on any atom is -0.484 e. The lowest BCUT2D eigenvalue weighted by Crippen LogP contribution is -2.28. The molecule has 0 fully saturated rings. The number of nitrogens with one attached hydrogen (secondary N) is 1. The minimum absolute atomic E-state index is 0.0786. The lowest BCUT2D eigenvalue weighted by atomic mass is 10.0. The summed E-state index contributed by atoms with van der Waals surface area (Å²) in [5.74, 6) is 1.24. The highest BCUT2D eigenvalue weighted by Crippen LogP contribution is 2.29. The third kappa shape index (κ3) is 4.16. The van der Waals surface area contributed by atoms with Crippen molar-refractivity contribution in [3.05, 3.63) is 79.4 Å². The summed E-state index contributed by atoms with van der Waals surface area (Å²) in [6.07, 6.45) is 1.61. The smallest absolute Gasteiger partial charge is 0.258 e. The Hall–Kier alpha value is -3.93. The van der Waals surface area contributed by atoms with Gasteiger partial charge in [0.1, 0.15) is 5.75 Å². The molecule has 6 nitrogen and oxygen atoms in total. The average molecular weight is 385 g/mol. The van der Waals surface area contributed by atoms with E-state index in [9.17, 15) is 4.79 Å². The topological polar surface area (TPSA) is 77.2 Å². The van der Waals surface area contributed by atoms with Gasteiger partial charge in [-0.3, -0.25) is 4.79 Å². The van der Waals surface area contributed by atoms with Gasteiger partial charge in [-0.2, -0.15) is 4.98 Å². The molecule has 0 aliphatic rings. The van der Waals surface area contributed by atoms with Crippen molar-refractivity contribution in [2.24, 2.45) is 0 Å². The summed E-state index contributed by atoms with van der Waals surface area (Å²) in [7, 11) is 0. The molecule has 0 bridgehead atoms. The molecule has 4 aromatic rings. The van der Waals surface area contributed by atoms with Crippen molar-refractivity contribution in [3.63, 3.8) is 0 Å². The lowest BCUT2D eigenvalue weighted by Gasteiger charge is -2.06. The first-order chi connectivity index (χ1) is 14.2. The highest BCUT2D eigenvalue weighted by atomic mass is 16.5. The van der Waals surface area contributed by atoms with Crippen LogP contribution in [0.15, 0.2) is 83.9 Å². The molecule has 0 saturated carbocycles. The van der Waals surface area contributed by atoms with Crippen LogP contribution in [0.4, 0.5) is 0 Å². The first-order valence-electron chi connectivity index (χ1n) is 9.17. The Kier molecular flexibility index (Phi) is 5.33. The third-order valence-electron chi connectivity index (χ3n) is 4.35. The Balaban J connectivity index is 1.55. The monoisotopic (exact) mass is 385 g/mol. The molecular weight excluding hydrogens is 366 g/mol. The number of hydrogen-bond acceptors (Lipinski definition) is 5. The van der Waals surface area contributed by atoms with Gasteiger partial charge in [0.25, 0.3) is 11.8 Å². The Morgan fingerprint density at radius 1 is 1.10 bits per heavy atom. The number of fused-ring (bicyclic) bond motifs is 1. The number of amides is 1. The summed E-state index contributed by atoms with van der Waals surface area (Å²) in [6, 6.07) is 21.2. The van der Waals surface area contributed by atoms with Gasteiger partial charge in [-0.15, -0.1) is 6.58 Å². The first kappa shape index (κ1) is 18.4. The van der Waals surface area contributed by atoms with Gasteiger partial charge in [0.2, 0.25) is 5.82 Å². The number of carbonyl (C=O) groups is 1. The molecule has 1 N–H and O–H groups in total. The number of carbonyl (C=O) groups excluding carboxylic acids is 1. The lowest BCUT2D eigenvalue weighted by molar-refractivity contribution is -0.122. The average Bonchev–Trinajstić information content (AvgIpc) is 3.26. The van der Waals surface area contributed by atoms with Gasteiger partial charge in [-0.05, 0) is 29.0 Å². The van der Waals surface area contributed by atoms with Crippen molar-refractivity contribution in [2.45, 2.75) is 0 Å². The zero-order valence-electron chi connectivity index (χ0n) is 15.7. The zero-order chi connectivity index (χ0) is 20.1. The molecule has 0 atom stereocenters. The number of hydrogen-bond donors (Lipinski definition) is 1. The molecule has 1 heterocycles. The molecule has 1 aromatic heterocycles. The van der Waals surface area contributed by atoms with E-state index in [2.05, 4.69) is 22.0 Å². The van der Waals surface area contributed by atoms with Gasteiger partial charge in [-0.1, -0.05) is 59.8 Å². The van der Waals surface area contributed by atoms with E-state index in [1.165, 1.54) is 0 Å². The Bertz CT molecular complexity index is 1160. The predicted octanol–water partition coefficient (Wildman–Crippen LogP) is 4.24. The second-order valence-electron chi connectivity index (χ2n) is 6.36. The SMILES string of the molecule is C=CCNC(=O)COc1cccc(-c2noc(-c3cccc4ccccc34)n2)c1. The van der Waals surface area contributed by atoms with Crippen LogP contribution >= 0.6 is 0 Å². The van der Waals surface area contributed by atoms with E-state index in [1.54, 1.807) is 18.2 Å². The summed E-state index contributed by atoms with van der Waals surface area (Å²) < 4.78 is 11.1. The van der Waals surface area contributed by atoms with Crippen molar-refractivity contribution in [2.75, 3.05) is 13.2 Å². The van der Waals surface area contributed by atoms with E-state index >= 15 is 0 Å². The summed E-state index contributed by atoms with van der Waals surface area (Å²) in [6.45, 7) is 3.88. The maximum absolute atomic E-state index is 11.7. The van der Waals surface area contributed by atoms with Gasteiger partial charge in [-0.25, -0.2) is 0 Å². The van der Waals surface area contributed by atoms with Crippen LogP contribution in [-0.4, -0.2) is 29.2 Å². The fraction of sp³-hybridized carbons (Fsp3) is 0.0870. The maximum Gasteiger partial charge on any atom is 0.258 e. The minimum atomic E-state index is -0.215. The molecule has 0 saturated heterocycles. The molecule has 3 aromatic carbocycles. The fourth-order valence-electron chi connectivity index (χ4n) is 2.97. The molecule has 4 rings (SSSR count). The molecule has 29 heavy (non-hydrogen) atoms. The summed E-state index contributed by atoms with van der Waals surface area (Å²) in [5.41, 5.74) is 1.62. The summed E-state index contributed by atoms with van der Waals surface area (Å²) >= 11 is 0. The Morgan fingerprint density at radius 2 is 1.93 bits per heavy atom. The Labute approximate surface area is 167 Å². The fourth-order valence-corrected chi connectivity index (χ4v) is 2.97. The molecule has 1 amide bonds. The van der Waals surface area contributed by atoms with Gasteiger partial charge in [0.15, 0.2) is 6.61 Å². The van der Waals surface area contributed by atoms with Crippen LogP contribution in [0.25, 0.3) is 33.6 Å². The Morgan fingerprint density at radius 3 is 2.83 bits per heavy atom. The van der Waals surface area contributed by atoms with Crippen LogP contribution in [0.1, 0.15) is 0 Å². The van der Waals surface area contributed by atoms with E-state index in [1.807, 2.05) is 54.6 Å². The molecule has 0 spiro atoms. The van der Waals surface area contributed by atoms with E-state index in [-0.39, 0.29) is 12.5 Å². The molecular formula is C23H19N3O3. The van der Waals surface area contributed by atoms with Crippen LogP contribution < -0.4 is 10.1 Å². The van der Waals surface area contributed by atoms with E-state index < -0.39 is 0 Å². The molecule has 0 aliphatic carbocycles. The second-order valence-corrected chi connectivity index (χ2v) is 6.36. The maximum atomic E-state index is 11.7.